The highest BCUT2D eigenvalue weighted by molar-refractivity contribution is 7.99. The van der Waals surface area contributed by atoms with Crippen molar-refractivity contribution < 1.29 is 14.6 Å². The Bertz CT molecular complexity index is 950. The van der Waals surface area contributed by atoms with E-state index in [1.807, 2.05) is 29.2 Å². The summed E-state index contributed by atoms with van der Waals surface area (Å²) in [5, 5.41) is 10.5. The summed E-state index contributed by atoms with van der Waals surface area (Å²) in [7, 11) is 0. The summed E-state index contributed by atoms with van der Waals surface area (Å²) in [6, 6.07) is 11.0. The van der Waals surface area contributed by atoms with Crippen molar-refractivity contribution in [3.05, 3.63) is 63.1 Å². The van der Waals surface area contributed by atoms with E-state index >= 15 is 0 Å². The van der Waals surface area contributed by atoms with Crippen LogP contribution in [0.25, 0.3) is 6.08 Å². The summed E-state index contributed by atoms with van der Waals surface area (Å²) in [5.41, 5.74) is 0.856. The van der Waals surface area contributed by atoms with Crippen molar-refractivity contribution in [3.8, 4) is 0 Å². The van der Waals surface area contributed by atoms with Crippen molar-refractivity contribution in [2.24, 2.45) is 0 Å². The summed E-state index contributed by atoms with van der Waals surface area (Å²) in [6.07, 6.45) is 3.38. The van der Waals surface area contributed by atoms with Gasteiger partial charge < -0.3 is 14.7 Å². The van der Waals surface area contributed by atoms with E-state index in [9.17, 15) is 4.79 Å². The van der Waals surface area contributed by atoms with Crippen LogP contribution in [-0.4, -0.2) is 73.4 Å². The molecular weight excluding hydrogens is 491 g/mol. The van der Waals surface area contributed by atoms with Crippen LogP contribution in [-0.2, 0) is 9.53 Å². The zero-order valence-electron chi connectivity index (χ0n) is 17.5. The highest BCUT2D eigenvalue weighted by atomic mass is 35.5. The molecule has 1 heterocycles. The molecule has 5 nitrogen and oxygen atoms in total. The number of hydrogen-bond acceptors (Lipinski definition) is 5. The molecule has 0 aromatic heterocycles. The van der Waals surface area contributed by atoms with E-state index in [1.54, 1.807) is 24.3 Å². The van der Waals surface area contributed by atoms with Gasteiger partial charge in [0.15, 0.2) is 0 Å². The number of nitrogens with zero attached hydrogens (tertiary/aromatic N) is 2. The monoisotopic (exact) mass is 514 g/mol. The van der Waals surface area contributed by atoms with E-state index in [4.69, 9.17) is 44.6 Å². The molecule has 3 rings (SSSR count). The third-order valence-electron chi connectivity index (χ3n) is 4.96. The molecule has 1 amide bonds. The standard InChI is InChI=1S/C23H25Cl3N2O3S/c24-18-3-5-22(20(26)16-18)32-21-4-1-17(15-19(21)25)2-6-23(30)28-9-7-27(8-10-28)11-13-31-14-12-29/h1-6,15-16,29H,7-14H2/b6-2+. The fourth-order valence-electron chi connectivity index (χ4n) is 3.21. The number of aliphatic hydroxyl groups excluding tert-OH is 1. The van der Waals surface area contributed by atoms with Crippen molar-refractivity contribution in [2.75, 3.05) is 52.5 Å². The molecule has 0 atom stereocenters. The van der Waals surface area contributed by atoms with E-state index < -0.39 is 0 Å². The van der Waals surface area contributed by atoms with Crippen LogP contribution in [0, 0.1) is 0 Å². The van der Waals surface area contributed by atoms with Crippen molar-refractivity contribution in [1.82, 2.24) is 9.80 Å². The average molecular weight is 516 g/mol. The SMILES string of the molecule is O=C(/C=C/c1ccc(Sc2ccc(Cl)cc2Cl)c(Cl)c1)N1CCN(CCOCCO)CC1. The molecule has 32 heavy (non-hydrogen) atoms. The van der Waals surface area contributed by atoms with Crippen LogP contribution in [0.5, 0.6) is 0 Å². The summed E-state index contributed by atoms with van der Waals surface area (Å²) in [4.78, 5) is 18.4. The fourth-order valence-corrected chi connectivity index (χ4v) is 4.86. The topological polar surface area (TPSA) is 53.0 Å². The minimum absolute atomic E-state index is 0.0105. The van der Waals surface area contributed by atoms with E-state index in [1.165, 1.54) is 11.8 Å². The van der Waals surface area contributed by atoms with Crippen molar-refractivity contribution in [3.63, 3.8) is 0 Å². The molecule has 0 bridgehead atoms. The summed E-state index contributed by atoms with van der Waals surface area (Å²) in [6.45, 7) is 4.79. The Morgan fingerprint density at radius 2 is 1.69 bits per heavy atom. The maximum atomic E-state index is 12.5. The number of carbonyl (C=O) groups excluding carboxylic acids is 1. The molecular formula is C23H25Cl3N2O3S. The van der Waals surface area contributed by atoms with Gasteiger partial charge in [-0.1, -0.05) is 52.6 Å². The lowest BCUT2D eigenvalue weighted by atomic mass is 10.2. The second-order valence-corrected chi connectivity index (χ2v) is 9.54. The van der Waals surface area contributed by atoms with Crippen LogP contribution in [0.15, 0.2) is 52.3 Å². The van der Waals surface area contributed by atoms with Gasteiger partial charge in [0.25, 0.3) is 0 Å². The van der Waals surface area contributed by atoms with Gasteiger partial charge in [0.05, 0.1) is 29.9 Å². The number of aliphatic hydroxyl groups is 1. The van der Waals surface area contributed by atoms with Crippen LogP contribution in [0.4, 0.5) is 0 Å². The Labute approximate surface area is 207 Å². The summed E-state index contributed by atoms with van der Waals surface area (Å²) in [5.74, 6) is -0.0105. The first-order valence-electron chi connectivity index (χ1n) is 10.3. The van der Waals surface area contributed by atoms with Crippen LogP contribution in [0.1, 0.15) is 5.56 Å². The number of carbonyl (C=O) groups is 1. The van der Waals surface area contributed by atoms with Crippen LogP contribution >= 0.6 is 46.6 Å². The molecule has 0 spiro atoms. The molecule has 0 saturated carbocycles. The highest BCUT2D eigenvalue weighted by Gasteiger charge is 2.19. The Hall–Kier alpha value is -1.25. The maximum Gasteiger partial charge on any atom is 0.246 e. The normalized spacial score (nSPS) is 14.9. The smallest absolute Gasteiger partial charge is 0.246 e. The maximum absolute atomic E-state index is 12.5. The number of benzene rings is 2. The zero-order valence-corrected chi connectivity index (χ0v) is 20.6. The Morgan fingerprint density at radius 3 is 2.34 bits per heavy atom. The molecule has 1 N–H and O–H groups in total. The van der Waals surface area contributed by atoms with Crippen molar-refractivity contribution in [1.29, 1.82) is 0 Å². The Balaban J connectivity index is 1.51. The third kappa shape index (κ3) is 7.66. The van der Waals surface area contributed by atoms with E-state index in [2.05, 4.69) is 4.90 Å². The lowest BCUT2D eigenvalue weighted by molar-refractivity contribution is -0.127. The van der Waals surface area contributed by atoms with Gasteiger partial charge in [-0.3, -0.25) is 9.69 Å². The van der Waals surface area contributed by atoms with Crippen LogP contribution < -0.4 is 0 Å². The molecule has 0 radical (unpaired) electrons. The number of hydrogen-bond donors (Lipinski definition) is 1. The Morgan fingerprint density at radius 1 is 1.00 bits per heavy atom. The van der Waals surface area contributed by atoms with E-state index in [-0.39, 0.29) is 12.5 Å². The number of halogens is 3. The first-order chi connectivity index (χ1) is 15.5. The quantitative estimate of drug-likeness (QED) is 0.378. The summed E-state index contributed by atoms with van der Waals surface area (Å²) >= 11 is 20.1. The van der Waals surface area contributed by atoms with Crippen molar-refractivity contribution >= 4 is 58.5 Å². The van der Waals surface area contributed by atoms with Gasteiger partial charge in [0.1, 0.15) is 0 Å². The molecule has 1 saturated heterocycles. The molecule has 0 unspecified atom stereocenters. The van der Waals surface area contributed by atoms with Crippen LogP contribution in [0.2, 0.25) is 15.1 Å². The van der Waals surface area contributed by atoms with Gasteiger partial charge in [-0.05, 0) is 42.0 Å². The first kappa shape index (κ1) is 25.4. The lowest BCUT2D eigenvalue weighted by Gasteiger charge is -2.34. The highest BCUT2D eigenvalue weighted by Crippen LogP contribution is 2.38. The molecule has 1 aliphatic heterocycles. The number of ether oxygens (including phenoxy) is 1. The largest absolute Gasteiger partial charge is 0.394 e. The van der Waals surface area contributed by atoms with Gasteiger partial charge >= 0.3 is 0 Å². The van der Waals surface area contributed by atoms with Gasteiger partial charge in [-0.15, -0.1) is 0 Å². The van der Waals surface area contributed by atoms with Gasteiger partial charge in [-0.25, -0.2) is 0 Å². The molecule has 9 heteroatoms. The van der Waals surface area contributed by atoms with Crippen LogP contribution in [0.3, 0.4) is 0 Å². The molecule has 1 fully saturated rings. The zero-order chi connectivity index (χ0) is 22.9. The summed E-state index contributed by atoms with van der Waals surface area (Å²) < 4.78 is 5.30. The Kier molecular flexibility index (Phi) is 10.2. The average Bonchev–Trinajstić information content (AvgIpc) is 2.79. The second kappa shape index (κ2) is 12.8. The fraction of sp³-hybridized carbons (Fsp3) is 0.348. The van der Waals surface area contributed by atoms with Gasteiger partial charge in [0, 0.05) is 53.6 Å². The molecule has 1 aliphatic rings. The molecule has 172 valence electrons. The molecule has 2 aromatic rings. The molecule has 2 aromatic carbocycles. The second-order valence-electron chi connectivity index (χ2n) is 7.20. The predicted molar refractivity (Wildman–Crippen MR) is 132 cm³/mol. The number of rotatable bonds is 9. The third-order valence-corrected chi connectivity index (χ3v) is 7.20. The predicted octanol–water partition coefficient (Wildman–Crippen LogP) is 4.96. The first-order valence-corrected chi connectivity index (χ1v) is 12.2. The van der Waals surface area contributed by atoms with Gasteiger partial charge in [-0.2, -0.15) is 0 Å². The van der Waals surface area contributed by atoms with E-state index in [0.717, 1.165) is 35.0 Å². The van der Waals surface area contributed by atoms with Crippen molar-refractivity contribution in [2.45, 2.75) is 9.79 Å². The van der Waals surface area contributed by atoms with Gasteiger partial charge in [0.2, 0.25) is 5.91 Å². The number of piperazine rings is 1. The minimum atomic E-state index is -0.0105. The lowest BCUT2D eigenvalue weighted by Crippen LogP contribution is -2.49. The number of amides is 1. The minimum Gasteiger partial charge on any atom is -0.394 e. The van der Waals surface area contributed by atoms with E-state index in [0.29, 0.717) is 41.4 Å². The molecule has 0 aliphatic carbocycles.